The molecule has 0 radical (unpaired) electrons. The minimum Gasteiger partial charge on any atom is -0.207 e. The van der Waals surface area contributed by atoms with Crippen molar-refractivity contribution in [2.75, 3.05) is 0 Å². The van der Waals surface area contributed by atoms with E-state index in [2.05, 4.69) is 0 Å². The SMILES string of the molecule is Fc1ccc(C(/C=C(\Cl)c2ccccc2)/C=C(/Cl)c2ccccc2)cc1. The summed E-state index contributed by atoms with van der Waals surface area (Å²) in [6.45, 7) is 0. The van der Waals surface area contributed by atoms with Crippen LogP contribution < -0.4 is 0 Å². The summed E-state index contributed by atoms with van der Waals surface area (Å²) in [5.41, 5.74) is 2.76. The van der Waals surface area contributed by atoms with Gasteiger partial charge in [-0.05, 0) is 28.8 Å². The van der Waals surface area contributed by atoms with E-state index in [4.69, 9.17) is 23.2 Å². The molecule has 0 amide bonds. The summed E-state index contributed by atoms with van der Waals surface area (Å²) in [5.74, 6) is -0.459. The lowest BCUT2D eigenvalue weighted by Gasteiger charge is -2.12. The molecule has 1 unspecified atom stereocenters. The van der Waals surface area contributed by atoms with Gasteiger partial charge in [-0.15, -0.1) is 0 Å². The second-order valence-corrected chi connectivity index (χ2v) is 6.65. The average molecular weight is 383 g/mol. The number of benzene rings is 3. The highest BCUT2D eigenvalue weighted by molar-refractivity contribution is 6.49. The molecule has 0 spiro atoms. The first-order valence-electron chi connectivity index (χ1n) is 8.24. The fraction of sp³-hybridized carbons (Fsp3) is 0.0435. The van der Waals surface area contributed by atoms with Crippen LogP contribution in [0.4, 0.5) is 4.39 Å². The lowest BCUT2D eigenvalue weighted by molar-refractivity contribution is 0.627. The van der Waals surface area contributed by atoms with E-state index in [9.17, 15) is 4.39 Å². The number of halogens is 3. The van der Waals surface area contributed by atoms with Crippen molar-refractivity contribution >= 4 is 33.3 Å². The van der Waals surface area contributed by atoms with Crippen LogP contribution in [0.1, 0.15) is 22.6 Å². The van der Waals surface area contributed by atoms with Gasteiger partial charge < -0.3 is 0 Å². The second kappa shape index (κ2) is 8.84. The zero-order chi connectivity index (χ0) is 18.4. The van der Waals surface area contributed by atoms with Crippen LogP contribution in [0.3, 0.4) is 0 Å². The van der Waals surface area contributed by atoms with E-state index >= 15 is 0 Å². The van der Waals surface area contributed by atoms with Crippen LogP contribution in [0.15, 0.2) is 97.1 Å². The van der Waals surface area contributed by atoms with Crippen LogP contribution in [-0.2, 0) is 0 Å². The van der Waals surface area contributed by atoms with Crippen molar-refractivity contribution in [1.29, 1.82) is 0 Å². The Bertz CT molecular complexity index is 842. The zero-order valence-corrected chi connectivity index (χ0v) is 15.5. The highest BCUT2D eigenvalue weighted by Gasteiger charge is 2.11. The topological polar surface area (TPSA) is 0 Å². The standard InChI is InChI=1S/C23H17Cl2F/c24-22(18-7-3-1-4-8-18)15-20(17-11-13-21(26)14-12-17)16-23(25)19-9-5-2-6-10-19/h1-16,20H/b22-15-,23-16+. The third-order valence-electron chi connectivity index (χ3n) is 4.01. The van der Waals surface area contributed by atoms with Gasteiger partial charge in [-0.25, -0.2) is 4.39 Å². The van der Waals surface area contributed by atoms with E-state index in [-0.39, 0.29) is 11.7 Å². The molecule has 3 heteroatoms. The normalized spacial score (nSPS) is 13.5. The lowest BCUT2D eigenvalue weighted by atomic mass is 9.96. The Morgan fingerprint density at radius 3 is 1.50 bits per heavy atom. The van der Waals surface area contributed by atoms with Gasteiger partial charge in [0.2, 0.25) is 0 Å². The van der Waals surface area contributed by atoms with Crippen molar-refractivity contribution < 1.29 is 4.39 Å². The van der Waals surface area contributed by atoms with Gasteiger partial charge in [-0.3, -0.25) is 0 Å². The first-order valence-corrected chi connectivity index (χ1v) is 9.00. The summed E-state index contributed by atoms with van der Waals surface area (Å²) in [5, 5.41) is 1.24. The van der Waals surface area contributed by atoms with Crippen LogP contribution in [0, 0.1) is 5.82 Å². The molecule has 1 atom stereocenters. The largest absolute Gasteiger partial charge is 0.207 e. The molecular formula is C23H17Cl2F. The third kappa shape index (κ3) is 4.85. The number of allylic oxidation sites excluding steroid dienone is 2. The molecule has 0 bridgehead atoms. The summed E-state index contributed by atoms with van der Waals surface area (Å²) in [6.07, 6.45) is 3.85. The molecule has 0 saturated heterocycles. The Morgan fingerprint density at radius 1 is 0.654 bits per heavy atom. The molecule has 0 aliphatic rings. The average Bonchev–Trinajstić information content (AvgIpc) is 2.69. The second-order valence-electron chi connectivity index (χ2n) is 5.84. The van der Waals surface area contributed by atoms with E-state index in [0.717, 1.165) is 16.7 Å². The Labute approximate surface area is 163 Å². The van der Waals surface area contributed by atoms with Crippen LogP contribution in [-0.4, -0.2) is 0 Å². The maximum absolute atomic E-state index is 13.3. The van der Waals surface area contributed by atoms with E-state index in [1.165, 1.54) is 12.1 Å². The van der Waals surface area contributed by atoms with Gasteiger partial charge in [0, 0.05) is 16.0 Å². The molecule has 0 nitrogen and oxygen atoms in total. The van der Waals surface area contributed by atoms with Gasteiger partial charge in [0.05, 0.1) is 0 Å². The van der Waals surface area contributed by atoms with E-state index in [0.29, 0.717) is 10.1 Å². The monoisotopic (exact) mass is 382 g/mol. The van der Waals surface area contributed by atoms with Crippen LogP contribution in [0.2, 0.25) is 0 Å². The highest BCUT2D eigenvalue weighted by Crippen LogP contribution is 2.31. The molecule has 26 heavy (non-hydrogen) atoms. The molecule has 0 fully saturated rings. The molecule has 0 heterocycles. The van der Waals surface area contributed by atoms with Crippen molar-refractivity contribution in [3.63, 3.8) is 0 Å². The minimum absolute atomic E-state index is 0.184. The van der Waals surface area contributed by atoms with Gasteiger partial charge >= 0.3 is 0 Å². The first-order chi connectivity index (χ1) is 12.6. The molecule has 3 aromatic rings. The smallest absolute Gasteiger partial charge is 0.123 e. The maximum Gasteiger partial charge on any atom is 0.123 e. The van der Waals surface area contributed by atoms with E-state index < -0.39 is 0 Å². The fourth-order valence-electron chi connectivity index (χ4n) is 2.63. The summed E-state index contributed by atoms with van der Waals surface area (Å²) < 4.78 is 13.3. The number of hydrogen-bond donors (Lipinski definition) is 0. The number of rotatable bonds is 5. The molecule has 0 N–H and O–H groups in total. The molecule has 0 saturated carbocycles. The summed E-state index contributed by atoms with van der Waals surface area (Å²) in [4.78, 5) is 0. The molecule has 3 rings (SSSR count). The maximum atomic E-state index is 13.3. The van der Waals surface area contributed by atoms with Gasteiger partial charge in [0.15, 0.2) is 0 Å². The van der Waals surface area contributed by atoms with Crippen molar-refractivity contribution in [3.8, 4) is 0 Å². The van der Waals surface area contributed by atoms with Gasteiger partial charge in [-0.2, -0.15) is 0 Å². The molecule has 0 aliphatic heterocycles. The summed E-state index contributed by atoms with van der Waals surface area (Å²) >= 11 is 13.1. The number of hydrogen-bond acceptors (Lipinski definition) is 0. The predicted octanol–water partition coefficient (Wildman–Crippen LogP) is 7.47. The van der Waals surface area contributed by atoms with Crippen LogP contribution in [0.5, 0.6) is 0 Å². The van der Waals surface area contributed by atoms with Gasteiger partial charge in [0.25, 0.3) is 0 Å². The van der Waals surface area contributed by atoms with Gasteiger partial charge in [-0.1, -0.05) is 108 Å². The zero-order valence-electron chi connectivity index (χ0n) is 13.9. The molecular weight excluding hydrogens is 366 g/mol. The van der Waals surface area contributed by atoms with E-state index in [1.807, 2.05) is 72.8 Å². The lowest BCUT2D eigenvalue weighted by Crippen LogP contribution is -1.94. The van der Waals surface area contributed by atoms with Crippen LogP contribution >= 0.6 is 23.2 Å². The van der Waals surface area contributed by atoms with Crippen molar-refractivity contribution in [2.24, 2.45) is 0 Å². The minimum atomic E-state index is -0.274. The van der Waals surface area contributed by atoms with Crippen LogP contribution in [0.25, 0.3) is 10.1 Å². The molecule has 0 aliphatic carbocycles. The van der Waals surface area contributed by atoms with Crippen molar-refractivity contribution in [3.05, 3.63) is 120 Å². The van der Waals surface area contributed by atoms with E-state index in [1.54, 1.807) is 12.1 Å². The summed E-state index contributed by atoms with van der Waals surface area (Å²) in [6, 6.07) is 25.8. The first kappa shape index (κ1) is 18.4. The Morgan fingerprint density at radius 2 is 1.08 bits per heavy atom. The highest BCUT2D eigenvalue weighted by atomic mass is 35.5. The Hall–Kier alpha value is -2.35. The van der Waals surface area contributed by atoms with Crippen molar-refractivity contribution in [1.82, 2.24) is 0 Å². The Balaban J connectivity index is 2.01. The fourth-order valence-corrected chi connectivity index (χ4v) is 3.15. The summed E-state index contributed by atoms with van der Waals surface area (Å²) in [7, 11) is 0. The molecule has 130 valence electrons. The third-order valence-corrected chi connectivity index (χ3v) is 4.69. The van der Waals surface area contributed by atoms with Gasteiger partial charge in [0.1, 0.15) is 5.82 Å². The predicted molar refractivity (Wildman–Crippen MR) is 110 cm³/mol. The van der Waals surface area contributed by atoms with Crippen molar-refractivity contribution in [2.45, 2.75) is 5.92 Å². The quantitative estimate of drug-likeness (QED) is 0.429. The molecule has 3 aromatic carbocycles. The Kier molecular flexibility index (Phi) is 6.27. The molecule has 0 aromatic heterocycles.